The molecule has 4 atom stereocenters. The number of carbonyl (C=O) groups is 3. The van der Waals surface area contributed by atoms with Crippen LogP contribution in [0.2, 0.25) is 0 Å². The third-order valence-electron chi connectivity index (χ3n) is 4.61. The van der Waals surface area contributed by atoms with Crippen LogP contribution < -0.4 is 5.32 Å². The van der Waals surface area contributed by atoms with Gasteiger partial charge >= 0.3 is 0 Å². The number of hydrogen-bond donors (Lipinski definition) is 1. The number of halogens is 6. The van der Waals surface area contributed by atoms with Crippen molar-refractivity contribution in [2.75, 3.05) is 7.11 Å². The van der Waals surface area contributed by atoms with E-state index in [0.29, 0.717) is 5.76 Å². The number of rotatable bonds is 7. The first-order chi connectivity index (χ1) is 13.1. The first-order valence-corrected chi connectivity index (χ1v) is 10.9. The summed E-state index contributed by atoms with van der Waals surface area (Å²) in [5, 5.41) is 2.58. The van der Waals surface area contributed by atoms with Gasteiger partial charge in [-0.15, -0.1) is 0 Å². The number of amides is 3. The Morgan fingerprint density at radius 3 is 2.07 bits per heavy atom. The highest BCUT2D eigenvalue weighted by molar-refractivity contribution is 6.68. The maximum Gasteiger partial charge on any atom is 0.257 e. The second-order valence-corrected chi connectivity index (χ2v) is 11.7. The van der Waals surface area contributed by atoms with Crippen LogP contribution >= 0.6 is 69.6 Å². The van der Waals surface area contributed by atoms with Crippen molar-refractivity contribution in [2.45, 2.75) is 53.3 Å². The van der Waals surface area contributed by atoms with Gasteiger partial charge in [0.05, 0.1) is 13.2 Å². The first kappa shape index (κ1) is 26.9. The van der Waals surface area contributed by atoms with E-state index in [2.05, 4.69) is 5.32 Å². The van der Waals surface area contributed by atoms with Crippen molar-refractivity contribution in [3.8, 4) is 0 Å². The van der Waals surface area contributed by atoms with E-state index in [9.17, 15) is 14.4 Å². The number of alkyl halides is 6. The maximum absolute atomic E-state index is 13.1. The van der Waals surface area contributed by atoms with E-state index in [0.717, 1.165) is 4.90 Å². The summed E-state index contributed by atoms with van der Waals surface area (Å²) in [4.78, 5) is 38.8. The van der Waals surface area contributed by atoms with Crippen LogP contribution in [0.5, 0.6) is 0 Å². The van der Waals surface area contributed by atoms with E-state index in [1.807, 2.05) is 0 Å². The van der Waals surface area contributed by atoms with Crippen LogP contribution in [0.25, 0.3) is 0 Å². The summed E-state index contributed by atoms with van der Waals surface area (Å²) in [5.74, 6) is -2.67. The fourth-order valence-electron chi connectivity index (χ4n) is 2.68. The van der Waals surface area contributed by atoms with Gasteiger partial charge in [0, 0.05) is 24.3 Å². The zero-order chi connectivity index (χ0) is 22.7. The highest BCUT2D eigenvalue weighted by atomic mass is 35.6. The largest absolute Gasteiger partial charge is 0.499 e. The summed E-state index contributed by atoms with van der Waals surface area (Å²) in [5.41, 5.74) is 0. The average molecular weight is 531 g/mol. The monoisotopic (exact) mass is 528 g/mol. The van der Waals surface area contributed by atoms with Gasteiger partial charge in [0.15, 0.2) is 7.59 Å². The van der Waals surface area contributed by atoms with Crippen molar-refractivity contribution in [3.63, 3.8) is 0 Å². The van der Waals surface area contributed by atoms with Crippen LogP contribution in [0.3, 0.4) is 0 Å². The summed E-state index contributed by atoms with van der Waals surface area (Å²) in [7, 11) is 1.39. The standard InChI is InChI=1S/C17H22Cl6N2O4/c1-8(16(18,19)20)5-11(24-13(26)6-9(2)17(21,22)23)15(28)25-10(3)12(29-4)7-14(25)27/h7-11H,5-6H2,1-4H3,(H,24,26)/t8?,9?,10-,11?/m0/s1. The number of imide groups is 1. The zero-order valence-electron chi connectivity index (χ0n) is 16.1. The second kappa shape index (κ2) is 10.5. The van der Waals surface area contributed by atoms with Gasteiger partial charge < -0.3 is 10.1 Å². The molecule has 1 rings (SSSR count). The molecule has 0 saturated heterocycles. The lowest BCUT2D eigenvalue weighted by molar-refractivity contribution is -0.146. The Hall–Kier alpha value is -0.110. The van der Waals surface area contributed by atoms with Gasteiger partial charge in [-0.3, -0.25) is 19.3 Å². The number of carbonyl (C=O) groups excluding carboxylic acids is 3. The number of nitrogens with zero attached hydrogens (tertiary/aromatic N) is 1. The SMILES string of the molecule is COC1=CC(=O)N(C(=O)C(CC(C)C(Cl)(Cl)Cl)NC(=O)CC(C)C(Cl)(Cl)Cl)[C@H]1C. The molecule has 0 saturated carbocycles. The highest BCUT2D eigenvalue weighted by Crippen LogP contribution is 2.38. The molecule has 1 heterocycles. The smallest absolute Gasteiger partial charge is 0.257 e. The highest BCUT2D eigenvalue weighted by Gasteiger charge is 2.41. The molecular weight excluding hydrogens is 509 g/mol. The second-order valence-electron chi connectivity index (χ2n) is 6.92. The number of ether oxygens (including phenoxy) is 1. The normalized spacial score (nSPS) is 20.8. The van der Waals surface area contributed by atoms with Crippen molar-refractivity contribution in [2.24, 2.45) is 11.8 Å². The van der Waals surface area contributed by atoms with Gasteiger partial charge in [0.25, 0.3) is 11.8 Å². The van der Waals surface area contributed by atoms with Gasteiger partial charge in [0.2, 0.25) is 5.91 Å². The quantitative estimate of drug-likeness (QED) is 0.490. The van der Waals surface area contributed by atoms with Crippen LogP contribution in [-0.4, -0.2) is 49.4 Å². The molecule has 0 bridgehead atoms. The molecule has 3 unspecified atom stereocenters. The topological polar surface area (TPSA) is 75.7 Å². The van der Waals surface area contributed by atoms with Crippen molar-refractivity contribution < 1.29 is 19.1 Å². The molecule has 1 N–H and O–H groups in total. The zero-order valence-corrected chi connectivity index (χ0v) is 20.7. The predicted octanol–water partition coefficient (Wildman–Crippen LogP) is 4.55. The van der Waals surface area contributed by atoms with Crippen LogP contribution in [0, 0.1) is 11.8 Å². The van der Waals surface area contributed by atoms with Crippen LogP contribution in [0.4, 0.5) is 0 Å². The lowest BCUT2D eigenvalue weighted by Gasteiger charge is -2.30. The van der Waals surface area contributed by atoms with E-state index in [1.165, 1.54) is 13.2 Å². The van der Waals surface area contributed by atoms with E-state index < -0.39 is 49.2 Å². The molecule has 12 heteroatoms. The van der Waals surface area contributed by atoms with Gasteiger partial charge in [-0.2, -0.15) is 0 Å². The van der Waals surface area contributed by atoms with Crippen LogP contribution in [-0.2, 0) is 19.1 Å². The molecule has 0 aromatic rings. The van der Waals surface area contributed by atoms with Crippen molar-refractivity contribution in [1.82, 2.24) is 10.2 Å². The molecule has 0 aromatic carbocycles. The molecule has 29 heavy (non-hydrogen) atoms. The predicted molar refractivity (Wildman–Crippen MR) is 116 cm³/mol. The third kappa shape index (κ3) is 7.51. The minimum Gasteiger partial charge on any atom is -0.499 e. The molecule has 1 aliphatic heterocycles. The fraction of sp³-hybridized carbons (Fsp3) is 0.706. The number of hydrogen-bond acceptors (Lipinski definition) is 4. The van der Waals surface area contributed by atoms with Crippen molar-refractivity contribution >= 4 is 87.3 Å². The Labute approximate surface area is 200 Å². The van der Waals surface area contributed by atoms with E-state index in [-0.39, 0.29) is 12.8 Å². The average Bonchev–Trinajstić information content (AvgIpc) is 2.85. The molecule has 6 nitrogen and oxygen atoms in total. The Morgan fingerprint density at radius 1 is 1.14 bits per heavy atom. The maximum atomic E-state index is 13.1. The van der Waals surface area contributed by atoms with E-state index >= 15 is 0 Å². The Kier molecular flexibility index (Phi) is 9.72. The summed E-state index contributed by atoms with van der Waals surface area (Å²) in [6, 6.07) is -1.77. The summed E-state index contributed by atoms with van der Waals surface area (Å²) >= 11 is 35.2. The van der Waals surface area contributed by atoms with Crippen LogP contribution in [0.15, 0.2) is 11.8 Å². The molecule has 1 aliphatic rings. The molecule has 0 aliphatic carbocycles. The third-order valence-corrected chi connectivity index (χ3v) is 6.84. The fourth-order valence-corrected chi connectivity index (χ4v) is 3.18. The first-order valence-electron chi connectivity index (χ1n) is 8.65. The summed E-state index contributed by atoms with van der Waals surface area (Å²) in [6.45, 7) is 4.81. The van der Waals surface area contributed by atoms with E-state index in [4.69, 9.17) is 74.3 Å². The molecule has 0 fully saturated rings. The van der Waals surface area contributed by atoms with Gasteiger partial charge in [0.1, 0.15) is 11.8 Å². The van der Waals surface area contributed by atoms with Gasteiger partial charge in [-0.25, -0.2) is 0 Å². The van der Waals surface area contributed by atoms with Crippen LogP contribution in [0.1, 0.15) is 33.6 Å². The Bertz CT molecular complexity index is 674. The molecule has 166 valence electrons. The molecular formula is C17H22Cl6N2O4. The Balaban J connectivity index is 3.04. The van der Waals surface area contributed by atoms with Crippen molar-refractivity contribution in [3.05, 3.63) is 11.8 Å². The minimum absolute atomic E-state index is 0.0258. The molecule has 3 amide bonds. The minimum atomic E-state index is -1.68. The summed E-state index contributed by atoms with van der Waals surface area (Å²) < 4.78 is 1.78. The van der Waals surface area contributed by atoms with E-state index in [1.54, 1.807) is 20.8 Å². The van der Waals surface area contributed by atoms with Gasteiger partial charge in [-0.1, -0.05) is 83.5 Å². The molecule has 0 aromatic heterocycles. The lowest BCUT2D eigenvalue weighted by Crippen LogP contribution is -2.53. The molecule has 0 radical (unpaired) electrons. The molecule has 0 spiro atoms. The van der Waals surface area contributed by atoms with Crippen molar-refractivity contribution in [1.29, 1.82) is 0 Å². The summed E-state index contributed by atoms with van der Waals surface area (Å²) in [6.07, 6.45) is 1.03. The van der Waals surface area contributed by atoms with Gasteiger partial charge in [-0.05, 0) is 13.3 Å². The lowest BCUT2D eigenvalue weighted by atomic mass is 10.0. The number of nitrogens with one attached hydrogen (secondary N) is 1. The number of methoxy groups -OCH3 is 1. The Morgan fingerprint density at radius 2 is 1.66 bits per heavy atom.